The number of hydrogen-bond donors (Lipinski definition) is 1. The van der Waals surface area contributed by atoms with Crippen LogP contribution in [0.1, 0.15) is 64.7 Å². The molecule has 6 nitrogen and oxygen atoms in total. The highest BCUT2D eigenvalue weighted by molar-refractivity contribution is 7.45. The molecule has 0 heterocycles. The van der Waals surface area contributed by atoms with Crippen LogP contribution in [0.2, 0.25) is 0 Å². The topological polar surface area (TPSA) is 78.8 Å². The van der Waals surface area contributed by atoms with Crippen LogP contribution in [0.15, 0.2) is 0 Å². The fourth-order valence-electron chi connectivity index (χ4n) is 2.32. The Bertz CT molecular complexity index is 346. The van der Waals surface area contributed by atoms with E-state index in [1.54, 1.807) is 0 Å². The van der Waals surface area contributed by atoms with E-state index in [9.17, 15) is 14.6 Å². The molecule has 0 saturated carbocycles. The third-order valence-corrected chi connectivity index (χ3v) is 4.93. The van der Waals surface area contributed by atoms with E-state index in [0.717, 1.165) is 19.3 Å². The maximum Gasteiger partial charge on any atom is 0.268 e. The van der Waals surface area contributed by atoms with Gasteiger partial charge >= 0.3 is 0 Å². The quantitative estimate of drug-likeness (QED) is 0.258. The van der Waals surface area contributed by atoms with Gasteiger partial charge in [-0.2, -0.15) is 0 Å². The van der Waals surface area contributed by atoms with E-state index in [2.05, 4.69) is 6.92 Å². The number of rotatable bonds is 16. The predicted molar refractivity (Wildman–Crippen MR) is 95.6 cm³/mol. The average Bonchev–Trinajstić information content (AvgIpc) is 2.47. The Morgan fingerprint density at radius 2 is 1.58 bits per heavy atom. The van der Waals surface area contributed by atoms with E-state index in [1.165, 1.54) is 32.1 Å². The predicted octanol–water partition coefficient (Wildman–Crippen LogP) is 3.09. The summed E-state index contributed by atoms with van der Waals surface area (Å²) >= 11 is 0. The second-order valence-electron chi connectivity index (χ2n) is 7.47. The summed E-state index contributed by atoms with van der Waals surface area (Å²) < 4.78 is 22.3. The highest BCUT2D eigenvalue weighted by Crippen LogP contribution is 2.40. The average molecular weight is 367 g/mol. The molecule has 0 fully saturated rings. The Kier molecular flexibility index (Phi) is 13.3. The maximum atomic E-state index is 11.8. The molecule has 0 aromatic heterocycles. The zero-order chi connectivity index (χ0) is 18.5. The van der Waals surface area contributed by atoms with Gasteiger partial charge in [0, 0.05) is 0 Å². The van der Waals surface area contributed by atoms with Gasteiger partial charge in [-0.3, -0.25) is 4.57 Å². The van der Waals surface area contributed by atoms with Crippen molar-refractivity contribution >= 4 is 7.82 Å². The molecule has 0 aromatic carbocycles. The fraction of sp³-hybridized carbons (Fsp3) is 1.00. The van der Waals surface area contributed by atoms with Crippen LogP contribution in [-0.4, -0.2) is 56.6 Å². The molecule has 0 aromatic rings. The molecule has 0 rings (SSSR count). The Balaban J connectivity index is 3.85. The maximum absolute atomic E-state index is 11.8. The Morgan fingerprint density at radius 3 is 2.08 bits per heavy atom. The highest BCUT2D eigenvalue weighted by Gasteiger charge is 2.18. The summed E-state index contributed by atoms with van der Waals surface area (Å²) in [6.45, 7) is 2.55. The Morgan fingerprint density at radius 1 is 1.04 bits per heavy atom. The minimum atomic E-state index is -4.35. The molecule has 0 aliphatic carbocycles. The third kappa shape index (κ3) is 15.6. The largest absolute Gasteiger partial charge is 0.756 e. The number of aliphatic hydroxyl groups is 1. The van der Waals surface area contributed by atoms with Crippen LogP contribution >= 0.6 is 7.82 Å². The molecule has 0 spiro atoms. The number of nitrogens with zero attached hydrogens (tertiary/aromatic N) is 1. The summed E-state index contributed by atoms with van der Waals surface area (Å²) in [6.07, 6.45) is 9.22. The van der Waals surface area contributed by atoms with Crippen molar-refractivity contribution in [2.24, 2.45) is 0 Å². The molecule has 24 heavy (non-hydrogen) atoms. The lowest BCUT2D eigenvalue weighted by Crippen LogP contribution is -2.37. The molecule has 7 heteroatoms. The number of quaternary nitrogens is 1. The van der Waals surface area contributed by atoms with Crippen LogP contribution in [-0.2, 0) is 13.6 Å². The molecule has 1 N–H and O–H groups in total. The van der Waals surface area contributed by atoms with E-state index in [4.69, 9.17) is 9.05 Å². The van der Waals surface area contributed by atoms with Crippen molar-refractivity contribution < 1.29 is 28.1 Å². The van der Waals surface area contributed by atoms with Crippen LogP contribution in [0.25, 0.3) is 0 Å². The second kappa shape index (κ2) is 13.3. The van der Waals surface area contributed by atoms with Gasteiger partial charge in [0.05, 0.1) is 33.9 Å². The van der Waals surface area contributed by atoms with Gasteiger partial charge in [0.25, 0.3) is 7.82 Å². The van der Waals surface area contributed by atoms with E-state index in [1.807, 2.05) is 21.1 Å². The number of unbranched alkanes of at least 4 members (excludes halogenated alkanes) is 7. The number of aliphatic hydroxyl groups excluding tert-OH is 1. The molecule has 146 valence electrons. The Hall–Kier alpha value is 0.0300. The first-order chi connectivity index (χ1) is 11.2. The summed E-state index contributed by atoms with van der Waals surface area (Å²) in [5.74, 6) is 0. The summed E-state index contributed by atoms with van der Waals surface area (Å²) in [5.41, 5.74) is 0. The van der Waals surface area contributed by atoms with Crippen molar-refractivity contribution in [2.75, 3.05) is 40.9 Å². The lowest BCUT2D eigenvalue weighted by Gasteiger charge is -2.29. The van der Waals surface area contributed by atoms with Crippen molar-refractivity contribution in [3.8, 4) is 0 Å². The molecule has 0 radical (unpaired) electrons. The molecule has 0 amide bonds. The van der Waals surface area contributed by atoms with Crippen LogP contribution in [0.4, 0.5) is 0 Å². The molecule has 0 bridgehead atoms. The lowest BCUT2D eigenvalue weighted by molar-refractivity contribution is -0.870. The van der Waals surface area contributed by atoms with Crippen LogP contribution in [0.5, 0.6) is 0 Å². The van der Waals surface area contributed by atoms with Gasteiger partial charge in [-0.1, -0.05) is 58.3 Å². The zero-order valence-electron chi connectivity index (χ0n) is 16.0. The summed E-state index contributed by atoms with van der Waals surface area (Å²) in [6, 6.07) is 0. The van der Waals surface area contributed by atoms with Gasteiger partial charge in [0.2, 0.25) is 0 Å². The van der Waals surface area contributed by atoms with Crippen LogP contribution in [0.3, 0.4) is 0 Å². The second-order valence-corrected chi connectivity index (χ2v) is 8.83. The molecule has 0 saturated heterocycles. The first kappa shape index (κ1) is 24.0. The summed E-state index contributed by atoms with van der Waals surface area (Å²) in [5, 5.41) is 9.30. The van der Waals surface area contributed by atoms with Crippen molar-refractivity contribution in [2.45, 2.75) is 70.8 Å². The van der Waals surface area contributed by atoms with Crippen LogP contribution in [0, 0.1) is 0 Å². The molecule has 0 aliphatic rings. The van der Waals surface area contributed by atoms with Gasteiger partial charge in [-0.05, 0) is 6.42 Å². The molecular formula is C17H38NO5P. The number of phosphoric ester groups is 1. The van der Waals surface area contributed by atoms with Gasteiger partial charge < -0.3 is 23.5 Å². The smallest absolute Gasteiger partial charge is 0.268 e. The summed E-state index contributed by atoms with van der Waals surface area (Å²) in [7, 11) is 1.53. The SMILES string of the molecule is CCCCCCCCCCC(CO)OP(=O)([O-])OCC[N+](C)(C)C. The number of likely N-dealkylation sites (N-methyl/N-ethyl adjacent to an activating group) is 1. The van der Waals surface area contributed by atoms with Crippen LogP contribution < -0.4 is 4.89 Å². The van der Waals surface area contributed by atoms with Crippen molar-refractivity contribution in [1.82, 2.24) is 0 Å². The summed E-state index contributed by atoms with van der Waals surface area (Å²) in [4.78, 5) is 11.8. The number of phosphoric acid groups is 1. The van der Waals surface area contributed by atoms with Gasteiger partial charge in [-0.15, -0.1) is 0 Å². The first-order valence-corrected chi connectivity index (χ1v) is 10.7. The molecule has 2 atom stereocenters. The monoisotopic (exact) mass is 367 g/mol. The van der Waals surface area contributed by atoms with Crippen molar-refractivity contribution in [3.63, 3.8) is 0 Å². The first-order valence-electron chi connectivity index (χ1n) is 9.25. The fourth-order valence-corrected chi connectivity index (χ4v) is 3.23. The zero-order valence-corrected chi connectivity index (χ0v) is 16.9. The van der Waals surface area contributed by atoms with E-state index in [0.29, 0.717) is 17.4 Å². The minimum Gasteiger partial charge on any atom is -0.756 e. The molecular weight excluding hydrogens is 329 g/mol. The lowest BCUT2D eigenvalue weighted by atomic mass is 10.1. The highest BCUT2D eigenvalue weighted by atomic mass is 31.2. The van der Waals surface area contributed by atoms with E-state index in [-0.39, 0.29) is 13.2 Å². The number of hydrogen-bond acceptors (Lipinski definition) is 5. The normalized spacial score (nSPS) is 16.1. The van der Waals surface area contributed by atoms with Crippen molar-refractivity contribution in [3.05, 3.63) is 0 Å². The van der Waals surface area contributed by atoms with Crippen molar-refractivity contribution in [1.29, 1.82) is 0 Å². The van der Waals surface area contributed by atoms with Gasteiger partial charge in [-0.25, -0.2) is 0 Å². The van der Waals surface area contributed by atoms with Gasteiger partial charge in [0.15, 0.2) is 0 Å². The minimum absolute atomic E-state index is 0.0835. The van der Waals surface area contributed by atoms with Gasteiger partial charge in [0.1, 0.15) is 13.2 Å². The third-order valence-electron chi connectivity index (χ3n) is 3.87. The molecule has 2 unspecified atom stereocenters. The standard InChI is InChI=1S/C17H38NO5P/c1-5-6-7-8-9-10-11-12-13-17(16-19)23-24(20,21)22-15-14-18(2,3)4/h17,19H,5-16H2,1-4H3. The molecule has 0 aliphatic heterocycles. The van der Waals surface area contributed by atoms with E-state index < -0.39 is 13.9 Å². The Labute approximate surface area is 148 Å². The van der Waals surface area contributed by atoms with E-state index >= 15 is 0 Å².